The molecule has 1 atom stereocenters. The van der Waals surface area contributed by atoms with E-state index in [2.05, 4.69) is 204 Å². The smallest absolute Gasteiger partial charge is 0.163 e. The lowest BCUT2D eigenvalue weighted by Crippen LogP contribution is -2.08. The highest BCUT2D eigenvalue weighted by Gasteiger charge is 2.24. The van der Waals surface area contributed by atoms with Gasteiger partial charge < -0.3 is 9.13 Å². The fraction of sp³-hybridized carbons (Fsp3) is 0.0351. The summed E-state index contributed by atoms with van der Waals surface area (Å²) in [7, 11) is 0. The zero-order valence-corrected chi connectivity index (χ0v) is 34.0. The lowest BCUT2D eigenvalue weighted by atomic mass is 9.92. The predicted octanol–water partition coefficient (Wildman–Crippen LogP) is 14.4. The summed E-state index contributed by atoms with van der Waals surface area (Å²) >= 11 is 0. The monoisotopic (exact) mass is 795 g/mol. The minimum atomic E-state index is 0.0421. The molecule has 0 bridgehead atoms. The number of fused-ring (bicyclic) bond motifs is 6. The largest absolute Gasteiger partial charge is 0.309 e. The number of allylic oxidation sites excluding steroid dienone is 8. The zero-order chi connectivity index (χ0) is 41.4. The Labute approximate surface area is 360 Å². The highest BCUT2D eigenvalue weighted by Crippen LogP contribution is 2.44. The second kappa shape index (κ2) is 15.8. The molecule has 294 valence electrons. The first kappa shape index (κ1) is 36.9. The molecule has 3 aromatic heterocycles. The summed E-state index contributed by atoms with van der Waals surface area (Å²) in [5.41, 5.74) is 12.0. The van der Waals surface area contributed by atoms with Gasteiger partial charge in [-0.15, -0.1) is 0 Å². The molecule has 0 aliphatic heterocycles. The molecule has 62 heavy (non-hydrogen) atoms. The predicted molar refractivity (Wildman–Crippen MR) is 259 cm³/mol. The van der Waals surface area contributed by atoms with Gasteiger partial charge in [0.05, 0.1) is 27.8 Å². The molecule has 1 aliphatic rings. The molecule has 0 amide bonds. The van der Waals surface area contributed by atoms with Crippen molar-refractivity contribution in [1.82, 2.24) is 24.1 Å². The van der Waals surface area contributed by atoms with Gasteiger partial charge in [0, 0.05) is 49.8 Å². The van der Waals surface area contributed by atoms with Crippen LogP contribution < -0.4 is 0 Å². The van der Waals surface area contributed by atoms with Gasteiger partial charge in [0.15, 0.2) is 11.6 Å². The van der Waals surface area contributed by atoms with Gasteiger partial charge in [-0.2, -0.15) is 0 Å². The van der Waals surface area contributed by atoms with Crippen molar-refractivity contribution in [1.29, 1.82) is 0 Å². The molecular weight excluding hydrogens is 755 g/mol. The molecule has 0 N–H and O–H groups in total. The SMILES string of the molecule is C=C/C=C\C=C\c1nc(-c2cc(-c3ccccc3)c(-n3c4ccccc4c4ccc(-n5c6ccccc6c6ccccc65)cc43)c(-c3ccccc3)c2)nc(C2C=CC=CC2)n1. The molecule has 5 heteroatoms. The van der Waals surface area contributed by atoms with Crippen LogP contribution in [0.2, 0.25) is 0 Å². The van der Waals surface area contributed by atoms with Crippen LogP contribution in [-0.4, -0.2) is 24.1 Å². The maximum atomic E-state index is 5.24. The van der Waals surface area contributed by atoms with Crippen LogP contribution in [0.5, 0.6) is 0 Å². The fourth-order valence-corrected chi connectivity index (χ4v) is 9.05. The lowest BCUT2D eigenvalue weighted by Gasteiger charge is -2.21. The minimum absolute atomic E-state index is 0.0421. The molecule has 11 rings (SSSR count). The summed E-state index contributed by atoms with van der Waals surface area (Å²) in [4.78, 5) is 15.3. The lowest BCUT2D eigenvalue weighted by molar-refractivity contribution is 0.758. The van der Waals surface area contributed by atoms with Crippen LogP contribution >= 0.6 is 0 Å². The molecule has 10 aromatic rings. The van der Waals surface area contributed by atoms with Gasteiger partial charge in [-0.25, -0.2) is 15.0 Å². The van der Waals surface area contributed by atoms with E-state index in [0.29, 0.717) is 11.6 Å². The van der Waals surface area contributed by atoms with Crippen LogP contribution in [0, 0.1) is 0 Å². The third kappa shape index (κ3) is 6.48. The molecule has 1 unspecified atom stereocenters. The zero-order valence-electron chi connectivity index (χ0n) is 34.0. The number of hydrogen-bond donors (Lipinski definition) is 0. The van der Waals surface area contributed by atoms with E-state index >= 15 is 0 Å². The van der Waals surface area contributed by atoms with Crippen molar-refractivity contribution in [3.63, 3.8) is 0 Å². The van der Waals surface area contributed by atoms with Crippen molar-refractivity contribution in [2.45, 2.75) is 12.3 Å². The molecule has 0 saturated heterocycles. The fourth-order valence-electron chi connectivity index (χ4n) is 9.05. The van der Waals surface area contributed by atoms with E-state index in [1.807, 2.05) is 24.3 Å². The first-order valence-electron chi connectivity index (χ1n) is 21.1. The highest BCUT2D eigenvalue weighted by molar-refractivity contribution is 6.13. The van der Waals surface area contributed by atoms with Crippen LogP contribution in [0.25, 0.3) is 94.7 Å². The molecule has 0 saturated carbocycles. The Bertz CT molecular complexity index is 3340. The van der Waals surface area contributed by atoms with Crippen molar-refractivity contribution >= 4 is 49.7 Å². The van der Waals surface area contributed by atoms with Crippen LogP contribution in [0.1, 0.15) is 24.0 Å². The van der Waals surface area contributed by atoms with Gasteiger partial charge >= 0.3 is 0 Å². The van der Waals surface area contributed by atoms with E-state index in [-0.39, 0.29) is 5.92 Å². The van der Waals surface area contributed by atoms with Gasteiger partial charge in [0.2, 0.25) is 0 Å². The minimum Gasteiger partial charge on any atom is -0.309 e. The number of hydrogen-bond acceptors (Lipinski definition) is 3. The molecule has 0 fully saturated rings. The molecule has 0 radical (unpaired) electrons. The van der Waals surface area contributed by atoms with E-state index in [9.17, 15) is 0 Å². The Morgan fingerprint density at radius 1 is 0.500 bits per heavy atom. The van der Waals surface area contributed by atoms with Crippen molar-refractivity contribution < 1.29 is 0 Å². The molecule has 5 nitrogen and oxygen atoms in total. The quantitative estimate of drug-likeness (QED) is 0.137. The Morgan fingerprint density at radius 3 is 1.68 bits per heavy atom. The molecular formula is C57H41N5. The normalized spacial score (nSPS) is 14.0. The number of para-hydroxylation sites is 3. The number of nitrogens with zero attached hydrogens (tertiary/aromatic N) is 5. The van der Waals surface area contributed by atoms with Gasteiger partial charge in [0.1, 0.15) is 5.82 Å². The molecule has 3 heterocycles. The van der Waals surface area contributed by atoms with Crippen molar-refractivity contribution in [2.75, 3.05) is 0 Å². The number of rotatable bonds is 9. The second-order valence-electron chi connectivity index (χ2n) is 15.6. The highest BCUT2D eigenvalue weighted by atomic mass is 15.0. The van der Waals surface area contributed by atoms with Gasteiger partial charge in [0.25, 0.3) is 0 Å². The average Bonchev–Trinajstić information content (AvgIpc) is 3.85. The Morgan fingerprint density at radius 2 is 1.08 bits per heavy atom. The third-order valence-corrected chi connectivity index (χ3v) is 11.8. The number of aromatic nitrogens is 5. The van der Waals surface area contributed by atoms with E-state index in [1.54, 1.807) is 6.08 Å². The van der Waals surface area contributed by atoms with Crippen molar-refractivity contribution in [3.8, 4) is 45.0 Å². The van der Waals surface area contributed by atoms with E-state index in [0.717, 1.165) is 62.5 Å². The molecule has 1 aliphatic carbocycles. The van der Waals surface area contributed by atoms with E-state index < -0.39 is 0 Å². The Kier molecular flexibility index (Phi) is 9.40. The van der Waals surface area contributed by atoms with E-state index in [4.69, 9.17) is 15.0 Å². The Balaban J connectivity index is 1.22. The maximum absolute atomic E-state index is 5.24. The first-order valence-corrected chi connectivity index (χ1v) is 21.1. The maximum Gasteiger partial charge on any atom is 0.163 e. The summed E-state index contributed by atoms with van der Waals surface area (Å²) in [6.07, 6.45) is 18.8. The van der Waals surface area contributed by atoms with Crippen molar-refractivity contribution in [3.05, 3.63) is 231 Å². The summed E-state index contributed by atoms with van der Waals surface area (Å²) in [6, 6.07) is 59.1. The van der Waals surface area contributed by atoms with Crippen LogP contribution in [0.4, 0.5) is 0 Å². The summed E-state index contributed by atoms with van der Waals surface area (Å²) in [5, 5.41) is 4.85. The van der Waals surface area contributed by atoms with Gasteiger partial charge in [-0.05, 0) is 66.1 Å². The molecule has 7 aromatic carbocycles. The van der Waals surface area contributed by atoms with Crippen LogP contribution in [0.3, 0.4) is 0 Å². The van der Waals surface area contributed by atoms with E-state index in [1.165, 1.54) is 32.6 Å². The topological polar surface area (TPSA) is 48.5 Å². The molecule has 0 spiro atoms. The van der Waals surface area contributed by atoms with Crippen LogP contribution in [-0.2, 0) is 0 Å². The summed E-state index contributed by atoms with van der Waals surface area (Å²) in [6.45, 7) is 3.82. The summed E-state index contributed by atoms with van der Waals surface area (Å²) in [5.74, 6) is 2.02. The third-order valence-electron chi connectivity index (χ3n) is 11.8. The second-order valence-corrected chi connectivity index (χ2v) is 15.6. The van der Waals surface area contributed by atoms with Crippen molar-refractivity contribution in [2.24, 2.45) is 0 Å². The Hall–Kier alpha value is -8.15. The average molecular weight is 796 g/mol. The summed E-state index contributed by atoms with van der Waals surface area (Å²) < 4.78 is 4.88. The van der Waals surface area contributed by atoms with Gasteiger partial charge in [-0.1, -0.05) is 177 Å². The number of benzene rings is 7. The van der Waals surface area contributed by atoms with Crippen LogP contribution in [0.15, 0.2) is 219 Å². The van der Waals surface area contributed by atoms with Gasteiger partial charge in [-0.3, -0.25) is 0 Å². The standard InChI is InChI=1S/C57H41N5/c1-2-3-4-14-33-54-58-56(41-25-12-7-13-26-41)60-57(59-54)42-36-48(39-21-8-5-9-22-39)55(49(37-42)40-23-10-6-11-24-40)62-52-32-20-17-29-46(52)47-35-34-43(38-53(47)62)61-50-30-18-15-27-44(50)45-28-16-19-31-51(45)61/h2-25,27-38,41H,1,26H2/b4-3-,33-14+. The first-order chi connectivity index (χ1) is 30.7.